The number of halogens is 1. The molecule has 1 fully saturated rings. The summed E-state index contributed by atoms with van der Waals surface area (Å²) in [6.07, 6.45) is 1.19. The average Bonchev–Trinajstić information content (AvgIpc) is 2.53. The van der Waals surface area contributed by atoms with Crippen molar-refractivity contribution < 1.29 is 19.1 Å². The quantitative estimate of drug-likeness (QED) is 0.661. The van der Waals surface area contributed by atoms with Crippen LogP contribution in [0.5, 0.6) is 11.5 Å². The third kappa shape index (κ3) is 3.05. The third-order valence-corrected chi connectivity index (χ3v) is 4.54. The SMILES string of the molecule is C[C@]1(c2cccc(Oc3ccccc3F)c2)C[C@H](N(O)C(N)=O)C1. The minimum absolute atomic E-state index is 0.168. The van der Waals surface area contributed by atoms with E-state index in [4.69, 9.17) is 10.5 Å². The number of carbonyl (C=O) groups excluding carboxylic acids is 1. The van der Waals surface area contributed by atoms with Gasteiger partial charge in [-0.05, 0) is 48.1 Å². The zero-order valence-corrected chi connectivity index (χ0v) is 13.3. The summed E-state index contributed by atoms with van der Waals surface area (Å²) < 4.78 is 19.3. The molecular weight excluding hydrogens is 311 g/mol. The summed E-state index contributed by atoms with van der Waals surface area (Å²) in [4.78, 5) is 11.0. The lowest BCUT2D eigenvalue weighted by molar-refractivity contribution is -0.115. The first-order valence-electron chi connectivity index (χ1n) is 7.69. The number of benzene rings is 2. The molecule has 5 nitrogen and oxygen atoms in total. The van der Waals surface area contributed by atoms with Crippen LogP contribution in [0.15, 0.2) is 48.5 Å². The molecule has 0 aromatic heterocycles. The van der Waals surface area contributed by atoms with Gasteiger partial charge in [0, 0.05) is 0 Å². The predicted molar refractivity (Wildman–Crippen MR) is 86.5 cm³/mol. The average molecular weight is 330 g/mol. The highest BCUT2D eigenvalue weighted by molar-refractivity contribution is 5.71. The topological polar surface area (TPSA) is 75.8 Å². The van der Waals surface area contributed by atoms with E-state index >= 15 is 0 Å². The van der Waals surface area contributed by atoms with Crippen molar-refractivity contribution >= 4 is 6.03 Å². The number of ether oxygens (including phenoxy) is 1. The van der Waals surface area contributed by atoms with Gasteiger partial charge in [-0.25, -0.2) is 14.2 Å². The molecule has 1 saturated carbocycles. The van der Waals surface area contributed by atoms with E-state index in [-0.39, 0.29) is 17.2 Å². The van der Waals surface area contributed by atoms with E-state index in [0.717, 1.165) is 5.56 Å². The molecule has 0 bridgehead atoms. The van der Waals surface area contributed by atoms with Crippen molar-refractivity contribution in [2.75, 3.05) is 0 Å². The van der Waals surface area contributed by atoms with E-state index in [9.17, 15) is 14.4 Å². The number of hydrogen-bond acceptors (Lipinski definition) is 3. The molecule has 126 valence electrons. The first kappa shape index (κ1) is 16.3. The normalized spacial score (nSPS) is 22.5. The van der Waals surface area contributed by atoms with Crippen LogP contribution in [0.2, 0.25) is 0 Å². The highest BCUT2D eigenvalue weighted by atomic mass is 19.1. The van der Waals surface area contributed by atoms with Crippen LogP contribution in [0, 0.1) is 5.82 Å². The molecule has 24 heavy (non-hydrogen) atoms. The van der Waals surface area contributed by atoms with Gasteiger partial charge in [-0.3, -0.25) is 5.21 Å². The smallest absolute Gasteiger partial charge is 0.338 e. The molecular formula is C18H19FN2O3. The molecule has 1 aliphatic rings. The van der Waals surface area contributed by atoms with E-state index in [1.165, 1.54) is 6.07 Å². The molecule has 3 N–H and O–H groups in total. The van der Waals surface area contributed by atoms with Gasteiger partial charge < -0.3 is 10.5 Å². The second kappa shape index (κ2) is 6.13. The number of hydrogen-bond donors (Lipinski definition) is 2. The molecule has 0 saturated heterocycles. The second-order valence-electron chi connectivity index (χ2n) is 6.37. The number of carbonyl (C=O) groups is 1. The summed E-state index contributed by atoms with van der Waals surface area (Å²) in [7, 11) is 0. The molecule has 1 aliphatic carbocycles. The molecule has 0 radical (unpaired) electrons. The van der Waals surface area contributed by atoms with Crippen molar-refractivity contribution in [1.82, 2.24) is 5.06 Å². The summed E-state index contributed by atoms with van der Waals surface area (Å²) >= 11 is 0. The van der Waals surface area contributed by atoms with Gasteiger partial charge >= 0.3 is 6.03 Å². The number of nitrogens with zero attached hydrogens (tertiary/aromatic N) is 1. The Morgan fingerprint density at radius 1 is 1.29 bits per heavy atom. The Morgan fingerprint density at radius 2 is 2.00 bits per heavy atom. The molecule has 0 aliphatic heterocycles. The Bertz CT molecular complexity index is 759. The predicted octanol–water partition coefficient (Wildman–Crippen LogP) is 3.81. The number of nitrogens with two attached hydrogens (primary N) is 1. The van der Waals surface area contributed by atoms with Gasteiger partial charge in [-0.15, -0.1) is 0 Å². The van der Waals surface area contributed by atoms with Crippen LogP contribution in [0.3, 0.4) is 0 Å². The minimum atomic E-state index is -0.848. The summed E-state index contributed by atoms with van der Waals surface area (Å²) in [5, 5.41) is 10.2. The number of amides is 2. The first-order chi connectivity index (χ1) is 11.4. The Hall–Kier alpha value is -2.60. The number of hydroxylamine groups is 2. The van der Waals surface area contributed by atoms with Gasteiger partial charge in [0.1, 0.15) is 5.75 Å². The summed E-state index contributed by atoms with van der Waals surface area (Å²) in [6.45, 7) is 2.04. The Kier molecular flexibility index (Phi) is 4.15. The van der Waals surface area contributed by atoms with Gasteiger partial charge in [-0.1, -0.05) is 31.2 Å². The van der Waals surface area contributed by atoms with E-state index in [2.05, 4.69) is 0 Å². The fourth-order valence-electron chi connectivity index (χ4n) is 3.16. The lowest BCUT2D eigenvalue weighted by Gasteiger charge is -2.47. The number of rotatable bonds is 4. The van der Waals surface area contributed by atoms with E-state index in [1.807, 2.05) is 25.1 Å². The summed E-state index contributed by atoms with van der Waals surface area (Å²) in [5.41, 5.74) is 5.89. The maximum Gasteiger partial charge on any atom is 0.338 e. The van der Waals surface area contributed by atoms with Gasteiger partial charge in [0.25, 0.3) is 0 Å². The molecule has 0 atom stereocenters. The van der Waals surface area contributed by atoms with Gasteiger partial charge in [0.05, 0.1) is 6.04 Å². The van der Waals surface area contributed by atoms with Crippen molar-refractivity contribution in [3.63, 3.8) is 0 Å². The van der Waals surface area contributed by atoms with Gasteiger partial charge in [-0.2, -0.15) is 0 Å². The standard InChI is InChI=1S/C18H19FN2O3/c1-18(10-13(11-18)21(23)17(20)22)12-5-4-6-14(9-12)24-16-8-3-2-7-15(16)19/h2-9,13,23H,10-11H2,1H3,(H2,20,22)/t13-,18-. The Morgan fingerprint density at radius 3 is 2.67 bits per heavy atom. The molecule has 2 amide bonds. The Labute approximate surface area is 139 Å². The van der Waals surface area contributed by atoms with E-state index < -0.39 is 11.8 Å². The van der Waals surface area contributed by atoms with Crippen LogP contribution in [-0.2, 0) is 5.41 Å². The first-order valence-corrected chi connectivity index (χ1v) is 7.69. The lowest BCUT2D eigenvalue weighted by atomic mass is 9.63. The van der Waals surface area contributed by atoms with Crippen LogP contribution in [0.25, 0.3) is 0 Å². The zero-order chi connectivity index (χ0) is 17.3. The van der Waals surface area contributed by atoms with Crippen molar-refractivity contribution in [1.29, 1.82) is 0 Å². The zero-order valence-electron chi connectivity index (χ0n) is 13.3. The maximum absolute atomic E-state index is 13.7. The van der Waals surface area contributed by atoms with Crippen molar-refractivity contribution in [2.45, 2.75) is 31.2 Å². The third-order valence-electron chi connectivity index (χ3n) is 4.54. The molecule has 3 rings (SSSR count). The summed E-state index contributed by atoms with van der Waals surface area (Å²) in [5.74, 6) is 0.287. The van der Waals surface area contributed by atoms with Crippen molar-refractivity contribution in [2.24, 2.45) is 5.73 Å². The highest BCUT2D eigenvalue weighted by Gasteiger charge is 2.45. The fraction of sp³-hybridized carbons (Fsp3) is 0.278. The number of primary amides is 1. The number of urea groups is 1. The second-order valence-corrected chi connectivity index (χ2v) is 6.37. The van der Waals surface area contributed by atoms with Gasteiger partial charge in [0.15, 0.2) is 11.6 Å². The summed E-state index contributed by atoms with van der Waals surface area (Å²) in [6, 6.07) is 12.5. The molecule has 0 heterocycles. The van der Waals surface area contributed by atoms with E-state index in [1.54, 1.807) is 24.3 Å². The maximum atomic E-state index is 13.7. The molecule has 2 aromatic rings. The lowest BCUT2D eigenvalue weighted by Crippen LogP contribution is -2.54. The largest absolute Gasteiger partial charge is 0.454 e. The van der Waals surface area contributed by atoms with Crippen molar-refractivity contribution in [3.8, 4) is 11.5 Å². The van der Waals surface area contributed by atoms with Crippen LogP contribution in [-0.4, -0.2) is 22.3 Å². The monoisotopic (exact) mass is 330 g/mol. The number of para-hydroxylation sites is 1. The minimum Gasteiger partial charge on any atom is -0.454 e. The van der Waals surface area contributed by atoms with Crippen LogP contribution in [0.4, 0.5) is 9.18 Å². The highest BCUT2D eigenvalue weighted by Crippen LogP contribution is 2.46. The van der Waals surface area contributed by atoms with E-state index in [0.29, 0.717) is 23.7 Å². The fourth-order valence-corrected chi connectivity index (χ4v) is 3.16. The molecule has 0 unspecified atom stereocenters. The van der Waals surface area contributed by atoms with Gasteiger partial charge in [0.2, 0.25) is 0 Å². The van der Waals surface area contributed by atoms with Crippen molar-refractivity contribution in [3.05, 3.63) is 59.9 Å². The Balaban J connectivity index is 1.75. The molecule has 6 heteroatoms. The van der Waals surface area contributed by atoms with Crippen LogP contribution < -0.4 is 10.5 Å². The molecule has 0 spiro atoms. The molecule has 2 aromatic carbocycles. The van der Waals surface area contributed by atoms with Crippen LogP contribution in [0.1, 0.15) is 25.3 Å². The van der Waals surface area contributed by atoms with Crippen LogP contribution >= 0.6 is 0 Å².